The van der Waals surface area contributed by atoms with E-state index < -0.39 is 23.6 Å². The standard InChI is InChI=1S/C8H14O5/c1-4-8(3,12)7(11)13-5(2)6(9)10/h5,12H,4H2,1-3H3,(H,9,10). The zero-order chi connectivity index (χ0) is 10.6. The Hall–Kier alpha value is -1.10. The molecule has 0 heterocycles. The van der Waals surface area contributed by atoms with Gasteiger partial charge in [0.1, 0.15) is 0 Å². The molecule has 2 atom stereocenters. The maximum Gasteiger partial charge on any atom is 0.344 e. The van der Waals surface area contributed by atoms with Crippen molar-refractivity contribution in [2.45, 2.75) is 38.9 Å². The molecule has 0 saturated carbocycles. The lowest BCUT2D eigenvalue weighted by atomic mass is 10.0. The number of carboxylic acid groups (broad SMARTS) is 1. The largest absolute Gasteiger partial charge is 0.479 e. The summed E-state index contributed by atoms with van der Waals surface area (Å²) in [6.07, 6.45) is -1.05. The Morgan fingerprint density at radius 1 is 1.54 bits per heavy atom. The topological polar surface area (TPSA) is 83.8 Å². The Morgan fingerprint density at radius 2 is 2.00 bits per heavy atom. The van der Waals surface area contributed by atoms with E-state index in [1.165, 1.54) is 13.8 Å². The van der Waals surface area contributed by atoms with Crippen LogP contribution in [0.4, 0.5) is 0 Å². The molecule has 2 unspecified atom stereocenters. The maximum atomic E-state index is 11.1. The normalized spacial score (nSPS) is 17.2. The second-order valence-electron chi connectivity index (χ2n) is 3.01. The van der Waals surface area contributed by atoms with Gasteiger partial charge < -0.3 is 14.9 Å². The smallest absolute Gasteiger partial charge is 0.344 e. The van der Waals surface area contributed by atoms with E-state index >= 15 is 0 Å². The molecular formula is C8H14O5. The van der Waals surface area contributed by atoms with Gasteiger partial charge in [0, 0.05) is 0 Å². The summed E-state index contributed by atoms with van der Waals surface area (Å²) in [7, 11) is 0. The number of carbonyl (C=O) groups excluding carboxylic acids is 1. The van der Waals surface area contributed by atoms with Crippen molar-refractivity contribution in [2.75, 3.05) is 0 Å². The molecule has 0 radical (unpaired) electrons. The summed E-state index contributed by atoms with van der Waals surface area (Å²) < 4.78 is 4.48. The minimum absolute atomic E-state index is 0.179. The van der Waals surface area contributed by atoms with Crippen LogP contribution in [0, 0.1) is 0 Å². The lowest BCUT2D eigenvalue weighted by Crippen LogP contribution is -2.39. The van der Waals surface area contributed by atoms with Crippen molar-refractivity contribution < 1.29 is 24.5 Å². The Labute approximate surface area is 76.3 Å². The summed E-state index contributed by atoms with van der Waals surface area (Å²) >= 11 is 0. The van der Waals surface area contributed by atoms with Crippen LogP contribution in [-0.2, 0) is 14.3 Å². The molecule has 2 N–H and O–H groups in total. The molecule has 0 aliphatic heterocycles. The van der Waals surface area contributed by atoms with Gasteiger partial charge in [-0.3, -0.25) is 0 Å². The fraction of sp³-hybridized carbons (Fsp3) is 0.750. The van der Waals surface area contributed by atoms with E-state index in [0.717, 1.165) is 0 Å². The minimum Gasteiger partial charge on any atom is -0.479 e. The van der Waals surface area contributed by atoms with Crippen molar-refractivity contribution in [1.82, 2.24) is 0 Å². The van der Waals surface area contributed by atoms with Crippen LogP contribution in [0.1, 0.15) is 27.2 Å². The molecule has 0 aliphatic carbocycles. The third kappa shape index (κ3) is 3.42. The molecule has 76 valence electrons. The number of esters is 1. The van der Waals surface area contributed by atoms with E-state index in [2.05, 4.69) is 4.74 Å². The molecule has 0 fully saturated rings. The fourth-order valence-electron chi connectivity index (χ4n) is 0.482. The van der Waals surface area contributed by atoms with Crippen LogP contribution in [0.3, 0.4) is 0 Å². The van der Waals surface area contributed by atoms with E-state index in [1.54, 1.807) is 6.92 Å². The van der Waals surface area contributed by atoms with Crippen molar-refractivity contribution in [3.05, 3.63) is 0 Å². The van der Waals surface area contributed by atoms with Crippen LogP contribution < -0.4 is 0 Å². The molecule has 0 aromatic rings. The van der Waals surface area contributed by atoms with Crippen LogP contribution in [-0.4, -0.2) is 33.9 Å². The summed E-state index contributed by atoms with van der Waals surface area (Å²) in [6, 6.07) is 0. The summed E-state index contributed by atoms with van der Waals surface area (Å²) in [5, 5.41) is 17.8. The Bertz CT molecular complexity index is 209. The highest BCUT2D eigenvalue weighted by Gasteiger charge is 2.32. The highest BCUT2D eigenvalue weighted by Crippen LogP contribution is 2.11. The van der Waals surface area contributed by atoms with Crippen LogP contribution in [0.5, 0.6) is 0 Å². The third-order valence-electron chi connectivity index (χ3n) is 1.76. The van der Waals surface area contributed by atoms with Gasteiger partial charge >= 0.3 is 11.9 Å². The van der Waals surface area contributed by atoms with Crippen LogP contribution in [0.25, 0.3) is 0 Å². The Kier molecular flexibility index (Phi) is 3.87. The quantitative estimate of drug-likeness (QED) is 0.617. The first-order valence-electron chi connectivity index (χ1n) is 3.97. The van der Waals surface area contributed by atoms with Crippen LogP contribution in [0.2, 0.25) is 0 Å². The van der Waals surface area contributed by atoms with Crippen molar-refractivity contribution in [3.8, 4) is 0 Å². The number of hydrogen-bond donors (Lipinski definition) is 2. The molecule has 0 aromatic carbocycles. The first-order valence-corrected chi connectivity index (χ1v) is 3.97. The number of aliphatic carboxylic acids is 1. The highest BCUT2D eigenvalue weighted by molar-refractivity contribution is 5.82. The van der Waals surface area contributed by atoms with Gasteiger partial charge in [-0.05, 0) is 20.3 Å². The van der Waals surface area contributed by atoms with Gasteiger partial charge in [0.2, 0.25) is 0 Å². The Balaban J connectivity index is 4.23. The average Bonchev–Trinajstić information content (AvgIpc) is 2.04. The maximum absolute atomic E-state index is 11.1. The van der Waals surface area contributed by atoms with E-state index in [4.69, 9.17) is 5.11 Å². The van der Waals surface area contributed by atoms with Crippen molar-refractivity contribution in [2.24, 2.45) is 0 Å². The van der Waals surface area contributed by atoms with Crippen LogP contribution in [0.15, 0.2) is 0 Å². The van der Waals surface area contributed by atoms with Gasteiger partial charge in [-0.25, -0.2) is 9.59 Å². The summed E-state index contributed by atoms with van der Waals surface area (Å²) in [5.41, 5.74) is -1.61. The molecule has 0 aromatic heterocycles. The van der Waals surface area contributed by atoms with E-state index in [0.29, 0.717) is 0 Å². The first kappa shape index (κ1) is 11.9. The lowest BCUT2D eigenvalue weighted by Gasteiger charge is -2.20. The van der Waals surface area contributed by atoms with Gasteiger partial charge in [0.15, 0.2) is 11.7 Å². The molecule has 0 saturated heterocycles. The summed E-state index contributed by atoms with van der Waals surface area (Å²) in [6.45, 7) is 4.11. The molecular weight excluding hydrogens is 176 g/mol. The van der Waals surface area contributed by atoms with Crippen LogP contribution >= 0.6 is 0 Å². The molecule has 0 amide bonds. The second-order valence-corrected chi connectivity index (χ2v) is 3.01. The number of carbonyl (C=O) groups is 2. The SMILES string of the molecule is CCC(C)(O)C(=O)OC(C)C(=O)O. The van der Waals surface area contributed by atoms with Gasteiger partial charge in [-0.15, -0.1) is 0 Å². The zero-order valence-electron chi connectivity index (χ0n) is 7.90. The summed E-state index contributed by atoms with van der Waals surface area (Å²) in [4.78, 5) is 21.4. The van der Waals surface area contributed by atoms with Gasteiger partial charge in [-0.1, -0.05) is 6.92 Å². The predicted molar refractivity (Wildman–Crippen MR) is 44.1 cm³/mol. The monoisotopic (exact) mass is 190 g/mol. The Morgan fingerprint density at radius 3 is 2.31 bits per heavy atom. The van der Waals surface area contributed by atoms with Gasteiger partial charge in [0.25, 0.3) is 0 Å². The van der Waals surface area contributed by atoms with Crippen molar-refractivity contribution in [1.29, 1.82) is 0 Å². The predicted octanol–water partition coefficient (Wildman–Crippen LogP) is 0.164. The van der Waals surface area contributed by atoms with E-state index in [9.17, 15) is 14.7 Å². The number of aliphatic hydroxyl groups is 1. The third-order valence-corrected chi connectivity index (χ3v) is 1.76. The minimum atomic E-state index is -1.61. The van der Waals surface area contributed by atoms with E-state index in [1.807, 2.05) is 0 Å². The number of carboxylic acids is 1. The second kappa shape index (κ2) is 4.23. The van der Waals surface area contributed by atoms with E-state index in [-0.39, 0.29) is 6.42 Å². The molecule has 5 heteroatoms. The fourth-order valence-corrected chi connectivity index (χ4v) is 0.482. The van der Waals surface area contributed by atoms with Gasteiger partial charge in [0.05, 0.1) is 0 Å². The van der Waals surface area contributed by atoms with Crippen molar-refractivity contribution >= 4 is 11.9 Å². The number of rotatable bonds is 4. The lowest BCUT2D eigenvalue weighted by molar-refractivity contribution is -0.176. The number of hydrogen-bond acceptors (Lipinski definition) is 4. The molecule has 0 spiro atoms. The molecule has 0 aliphatic rings. The zero-order valence-corrected chi connectivity index (χ0v) is 7.90. The van der Waals surface area contributed by atoms with Crippen molar-refractivity contribution in [3.63, 3.8) is 0 Å². The molecule has 0 rings (SSSR count). The molecule has 0 bridgehead atoms. The number of ether oxygens (including phenoxy) is 1. The molecule has 13 heavy (non-hydrogen) atoms. The first-order chi connectivity index (χ1) is 5.81. The summed E-state index contributed by atoms with van der Waals surface area (Å²) in [5.74, 6) is -2.15. The molecule has 5 nitrogen and oxygen atoms in total. The van der Waals surface area contributed by atoms with Gasteiger partial charge in [-0.2, -0.15) is 0 Å². The highest BCUT2D eigenvalue weighted by atomic mass is 16.6. The average molecular weight is 190 g/mol.